The number of benzene rings is 1. The van der Waals surface area contributed by atoms with Crippen molar-refractivity contribution in [2.75, 3.05) is 0 Å². The largest absolute Gasteiger partial charge is 0.348 e. The van der Waals surface area contributed by atoms with Gasteiger partial charge >= 0.3 is 0 Å². The average molecular weight is 271 g/mol. The Morgan fingerprint density at radius 2 is 1.90 bits per heavy atom. The summed E-state index contributed by atoms with van der Waals surface area (Å²) in [5.74, 6) is -0.0213. The molecule has 0 spiro atoms. The molecule has 4 nitrogen and oxygen atoms in total. The first-order chi connectivity index (χ1) is 9.49. The molecule has 1 aromatic carbocycles. The maximum Gasteiger partial charge on any atom is 0.242 e. The molecular weight excluding hydrogens is 250 g/mol. The van der Waals surface area contributed by atoms with Crippen molar-refractivity contribution in [1.29, 1.82) is 0 Å². The maximum atomic E-state index is 12.1. The van der Waals surface area contributed by atoms with E-state index in [2.05, 4.69) is 10.4 Å². The lowest BCUT2D eigenvalue weighted by Crippen LogP contribution is -2.30. The number of nitrogens with zero attached hydrogens (tertiary/aromatic N) is 2. The Morgan fingerprint density at radius 1 is 1.25 bits per heavy atom. The summed E-state index contributed by atoms with van der Waals surface area (Å²) >= 11 is 0. The summed E-state index contributed by atoms with van der Waals surface area (Å²) in [5.41, 5.74) is 4.27. The molecule has 0 saturated carbocycles. The molecule has 1 aromatic heterocycles. The van der Waals surface area contributed by atoms with E-state index in [1.165, 1.54) is 0 Å². The van der Waals surface area contributed by atoms with E-state index >= 15 is 0 Å². The van der Waals surface area contributed by atoms with E-state index in [0.29, 0.717) is 0 Å². The Hall–Kier alpha value is -2.10. The fourth-order valence-corrected chi connectivity index (χ4v) is 2.19. The van der Waals surface area contributed by atoms with Crippen molar-refractivity contribution in [2.24, 2.45) is 0 Å². The summed E-state index contributed by atoms with van der Waals surface area (Å²) in [5, 5.41) is 7.39. The number of aromatic nitrogens is 2. The van der Waals surface area contributed by atoms with E-state index in [9.17, 15) is 4.79 Å². The fraction of sp³-hybridized carbons (Fsp3) is 0.375. The second-order valence-corrected chi connectivity index (χ2v) is 5.15. The van der Waals surface area contributed by atoms with E-state index < -0.39 is 0 Å². The highest BCUT2D eigenvalue weighted by molar-refractivity contribution is 5.76. The molecular formula is C16H21N3O. The van der Waals surface area contributed by atoms with Gasteiger partial charge in [0.15, 0.2) is 0 Å². The van der Waals surface area contributed by atoms with Crippen molar-refractivity contribution >= 4 is 5.91 Å². The van der Waals surface area contributed by atoms with Gasteiger partial charge in [0.05, 0.1) is 11.7 Å². The summed E-state index contributed by atoms with van der Waals surface area (Å²) in [6.45, 7) is 8.22. The summed E-state index contributed by atoms with van der Waals surface area (Å²) in [4.78, 5) is 12.1. The highest BCUT2D eigenvalue weighted by atomic mass is 16.2. The number of aryl methyl sites for hydroxylation is 1. The first-order valence-corrected chi connectivity index (χ1v) is 6.84. The van der Waals surface area contributed by atoms with Crippen molar-refractivity contribution in [3.8, 4) is 0 Å². The Morgan fingerprint density at radius 3 is 2.45 bits per heavy atom. The van der Waals surface area contributed by atoms with Crippen LogP contribution in [-0.4, -0.2) is 15.7 Å². The highest BCUT2D eigenvalue weighted by Gasteiger charge is 2.13. The summed E-state index contributed by atoms with van der Waals surface area (Å²) in [6.07, 6.45) is 0. The van der Waals surface area contributed by atoms with Gasteiger partial charge in [0, 0.05) is 5.69 Å². The molecule has 0 radical (unpaired) electrons. The number of hydrogen-bond donors (Lipinski definition) is 1. The second kappa shape index (κ2) is 5.90. The van der Waals surface area contributed by atoms with Gasteiger partial charge < -0.3 is 5.32 Å². The molecule has 0 aliphatic rings. The molecule has 0 bridgehead atoms. The number of carbonyl (C=O) groups is 1. The monoisotopic (exact) mass is 271 g/mol. The molecule has 106 valence electrons. The molecule has 0 saturated heterocycles. The molecule has 20 heavy (non-hydrogen) atoms. The van der Waals surface area contributed by atoms with Gasteiger partial charge in [0.25, 0.3) is 0 Å². The van der Waals surface area contributed by atoms with Gasteiger partial charge in [-0.15, -0.1) is 0 Å². The molecule has 0 fully saturated rings. The number of rotatable bonds is 4. The van der Waals surface area contributed by atoms with E-state index in [1.54, 1.807) is 4.68 Å². The predicted molar refractivity (Wildman–Crippen MR) is 79.4 cm³/mol. The van der Waals surface area contributed by atoms with Crippen LogP contribution in [0.3, 0.4) is 0 Å². The lowest BCUT2D eigenvalue weighted by Gasteiger charge is -2.14. The molecule has 1 heterocycles. The molecule has 1 amide bonds. The van der Waals surface area contributed by atoms with Gasteiger partial charge in [0.2, 0.25) is 5.91 Å². The second-order valence-electron chi connectivity index (χ2n) is 5.15. The molecule has 0 aliphatic carbocycles. The van der Waals surface area contributed by atoms with Crippen LogP contribution in [0.15, 0.2) is 30.3 Å². The van der Waals surface area contributed by atoms with E-state index in [0.717, 1.165) is 22.5 Å². The van der Waals surface area contributed by atoms with Crippen LogP contribution >= 0.6 is 0 Å². The minimum absolute atomic E-state index is 0.00163. The first-order valence-electron chi connectivity index (χ1n) is 6.84. The Kier molecular flexibility index (Phi) is 4.23. The molecule has 1 N–H and O–H groups in total. The maximum absolute atomic E-state index is 12.1. The van der Waals surface area contributed by atoms with Crippen molar-refractivity contribution < 1.29 is 4.79 Å². The molecule has 0 aliphatic heterocycles. The lowest BCUT2D eigenvalue weighted by atomic mass is 10.1. The third kappa shape index (κ3) is 3.07. The smallest absolute Gasteiger partial charge is 0.242 e. The van der Waals surface area contributed by atoms with Crippen molar-refractivity contribution in [3.63, 3.8) is 0 Å². The van der Waals surface area contributed by atoms with Gasteiger partial charge in [-0.2, -0.15) is 5.10 Å². The topological polar surface area (TPSA) is 46.9 Å². The highest BCUT2D eigenvalue weighted by Crippen LogP contribution is 2.13. The van der Waals surface area contributed by atoms with E-state index in [1.807, 2.05) is 58.0 Å². The third-order valence-corrected chi connectivity index (χ3v) is 3.71. The first kappa shape index (κ1) is 14.3. The minimum Gasteiger partial charge on any atom is -0.348 e. The molecule has 1 unspecified atom stereocenters. The third-order valence-electron chi connectivity index (χ3n) is 3.71. The standard InChI is InChI=1S/C16H21N3O/c1-11-12(2)18-19(14(11)4)10-16(20)17-13(3)15-8-6-5-7-9-15/h5-9,13H,10H2,1-4H3,(H,17,20). The quantitative estimate of drug-likeness (QED) is 0.929. The van der Waals surface area contributed by atoms with Crippen molar-refractivity contribution in [3.05, 3.63) is 52.8 Å². The Labute approximate surface area is 119 Å². The number of amides is 1. The van der Waals surface area contributed by atoms with Crippen LogP contribution in [0.2, 0.25) is 0 Å². The Balaban J connectivity index is 2.01. The number of hydrogen-bond acceptors (Lipinski definition) is 2. The van der Waals surface area contributed by atoms with Crippen LogP contribution in [0.1, 0.15) is 35.5 Å². The lowest BCUT2D eigenvalue weighted by molar-refractivity contribution is -0.122. The summed E-state index contributed by atoms with van der Waals surface area (Å²) in [6, 6.07) is 9.94. The van der Waals surface area contributed by atoms with Crippen LogP contribution in [0.4, 0.5) is 0 Å². The van der Waals surface area contributed by atoms with Crippen molar-refractivity contribution in [1.82, 2.24) is 15.1 Å². The average Bonchev–Trinajstić information content (AvgIpc) is 2.67. The van der Waals surface area contributed by atoms with E-state index in [4.69, 9.17) is 0 Å². The van der Waals surface area contributed by atoms with Gasteiger partial charge in [-0.1, -0.05) is 30.3 Å². The normalized spacial score (nSPS) is 12.2. The fourth-order valence-electron chi connectivity index (χ4n) is 2.19. The summed E-state index contributed by atoms with van der Waals surface area (Å²) < 4.78 is 1.76. The van der Waals surface area contributed by atoms with Crippen LogP contribution < -0.4 is 5.32 Å². The zero-order valence-corrected chi connectivity index (χ0v) is 12.5. The van der Waals surface area contributed by atoms with Gasteiger partial charge in [-0.05, 0) is 38.8 Å². The van der Waals surface area contributed by atoms with Crippen LogP contribution in [0.25, 0.3) is 0 Å². The number of carbonyl (C=O) groups excluding carboxylic acids is 1. The van der Waals surface area contributed by atoms with Crippen LogP contribution in [-0.2, 0) is 11.3 Å². The van der Waals surface area contributed by atoms with E-state index in [-0.39, 0.29) is 18.5 Å². The number of nitrogens with one attached hydrogen (secondary N) is 1. The zero-order valence-electron chi connectivity index (χ0n) is 12.5. The van der Waals surface area contributed by atoms with Gasteiger partial charge in [0.1, 0.15) is 6.54 Å². The SMILES string of the molecule is Cc1nn(CC(=O)NC(C)c2ccccc2)c(C)c1C. The minimum atomic E-state index is -0.0213. The van der Waals surface area contributed by atoms with Gasteiger partial charge in [-0.25, -0.2) is 0 Å². The Bertz CT molecular complexity index is 602. The molecule has 4 heteroatoms. The molecule has 2 rings (SSSR count). The summed E-state index contributed by atoms with van der Waals surface area (Å²) in [7, 11) is 0. The van der Waals surface area contributed by atoms with Crippen LogP contribution in [0, 0.1) is 20.8 Å². The predicted octanol–water partition coefficient (Wildman–Crippen LogP) is 2.69. The zero-order chi connectivity index (χ0) is 14.7. The molecule has 1 atom stereocenters. The van der Waals surface area contributed by atoms with Crippen LogP contribution in [0.5, 0.6) is 0 Å². The molecule has 2 aromatic rings. The van der Waals surface area contributed by atoms with Crippen molar-refractivity contribution in [2.45, 2.75) is 40.3 Å². The van der Waals surface area contributed by atoms with Gasteiger partial charge in [-0.3, -0.25) is 9.48 Å².